The van der Waals surface area contributed by atoms with Crippen LogP contribution < -0.4 is 14.8 Å². The number of benzene rings is 1. The van der Waals surface area contributed by atoms with Gasteiger partial charge in [-0.15, -0.1) is 0 Å². The number of carbonyl (C=O) groups is 1. The van der Waals surface area contributed by atoms with Gasteiger partial charge in [-0.1, -0.05) is 0 Å². The summed E-state index contributed by atoms with van der Waals surface area (Å²) in [5, 5.41) is 23.5. The summed E-state index contributed by atoms with van der Waals surface area (Å²) >= 11 is 0. The van der Waals surface area contributed by atoms with E-state index in [9.17, 15) is 15.0 Å². The minimum absolute atomic E-state index is 0.227. The van der Waals surface area contributed by atoms with Crippen LogP contribution in [0.5, 0.6) is 11.5 Å². The second kappa shape index (κ2) is 8.33. The van der Waals surface area contributed by atoms with Crippen molar-refractivity contribution in [3.8, 4) is 11.5 Å². The van der Waals surface area contributed by atoms with Crippen molar-refractivity contribution in [2.24, 2.45) is 0 Å². The van der Waals surface area contributed by atoms with E-state index in [-0.39, 0.29) is 13.1 Å². The Kier molecular flexibility index (Phi) is 6.56. The first kappa shape index (κ1) is 21.3. The van der Waals surface area contributed by atoms with Crippen molar-refractivity contribution >= 4 is 6.09 Å². The molecule has 1 aliphatic rings. The number of hydrogen-bond donors (Lipinski definition) is 3. The van der Waals surface area contributed by atoms with Crippen LogP contribution in [0.1, 0.15) is 32.4 Å². The molecule has 1 aromatic carbocycles. The largest absolute Gasteiger partial charge is 0.497 e. The predicted octanol–water partition coefficient (Wildman–Crippen LogP) is 1.87. The van der Waals surface area contributed by atoms with E-state index in [4.69, 9.17) is 14.2 Å². The van der Waals surface area contributed by atoms with E-state index in [1.807, 2.05) is 20.8 Å². The van der Waals surface area contributed by atoms with E-state index < -0.39 is 23.3 Å². The number of aliphatic hydroxyl groups is 1. The quantitative estimate of drug-likeness (QED) is 0.631. The summed E-state index contributed by atoms with van der Waals surface area (Å²) in [5.74, 6) is 1.18. The molecule has 1 amide bonds. The van der Waals surface area contributed by atoms with Crippen molar-refractivity contribution in [1.29, 1.82) is 0 Å². The fraction of sp³-hybridized carbons (Fsp3) is 0.632. The van der Waals surface area contributed by atoms with Gasteiger partial charge in [0.25, 0.3) is 0 Å². The number of hydrogen-bond acceptors (Lipinski definition) is 6. The summed E-state index contributed by atoms with van der Waals surface area (Å²) in [6.45, 7) is 6.82. The van der Waals surface area contributed by atoms with Gasteiger partial charge in [-0.25, -0.2) is 4.79 Å². The van der Waals surface area contributed by atoms with Crippen molar-refractivity contribution in [3.63, 3.8) is 0 Å². The van der Waals surface area contributed by atoms with Crippen molar-refractivity contribution < 1.29 is 29.2 Å². The Hall–Kier alpha value is -2.03. The summed E-state index contributed by atoms with van der Waals surface area (Å²) in [5.41, 5.74) is -0.464. The molecule has 0 aliphatic carbocycles. The lowest BCUT2D eigenvalue weighted by atomic mass is 9.93. The van der Waals surface area contributed by atoms with Crippen molar-refractivity contribution in [2.45, 2.75) is 38.0 Å². The van der Waals surface area contributed by atoms with Gasteiger partial charge in [0.2, 0.25) is 0 Å². The molecule has 2 rings (SSSR count). The third kappa shape index (κ3) is 5.03. The Morgan fingerprint density at radius 2 is 2.00 bits per heavy atom. The lowest BCUT2D eigenvalue weighted by molar-refractivity contribution is -0.0955. The van der Waals surface area contributed by atoms with Crippen LogP contribution in [0.25, 0.3) is 0 Å². The van der Waals surface area contributed by atoms with Crippen molar-refractivity contribution in [2.75, 3.05) is 40.5 Å². The van der Waals surface area contributed by atoms with Gasteiger partial charge in [0, 0.05) is 24.2 Å². The Morgan fingerprint density at radius 1 is 1.33 bits per heavy atom. The highest BCUT2D eigenvalue weighted by Gasteiger charge is 2.43. The molecule has 1 aliphatic heterocycles. The molecule has 0 spiro atoms. The number of β-amino-alcohol motifs (C(OH)–C–C–N with tert-alkyl or cyclic N) is 1. The molecular weight excluding hydrogens is 352 g/mol. The van der Waals surface area contributed by atoms with E-state index in [1.165, 1.54) is 4.90 Å². The van der Waals surface area contributed by atoms with Gasteiger partial charge in [0.05, 0.1) is 39.1 Å². The van der Waals surface area contributed by atoms with Gasteiger partial charge in [0.15, 0.2) is 0 Å². The van der Waals surface area contributed by atoms with Crippen LogP contribution in [0.15, 0.2) is 18.2 Å². The van der Waals surface area contributed by atoms with Crippen LogP contribution in [0.2, 0.25) is 0 Å². The van der Waals surface area contributed by atoms with Crippen LogP contribution in [-0.2, 0) is 4.74 Å². The first-order chi connectivity index (χ1) is 12.6. The summed E-state index contributed by atoms with van der Waals surface area (Å²) < 4.78 is 15.9. The van der Waals surface area contributed by atoms with Gasteiger partial charge in [-0.2, -0.15) is 0 Å². The molecule has 152 valence electrons. The fourth-order valence-corrected chi connectivity index (χ4v) is 3.02. The fourth-order valence-electron chi connectivity index (χ4n) is 3.02. The first-order valence-electron chi connectivity index (χ1n) is 8.85. The monoisotopic (exact) mass is 382 g/mol. The van der Waals surface area contributed by atoms with E-state index in [0.29, 0.717) is 30.3 Å². The van der Waals surface area contributed by atoms with Gasteiger partial charge in [-0.3, -0.25) is 0 Å². The van der Waals surface area contributed by atoms with Crippen LogP contribution in [0, 0.1) is 0 Å². The lowest BCUT2D eigenvalue weighted by Crippen LogP contribution is -2.68. The second-order valence-corrected chi connectivity index (χ2v) is 7.82. The maximum atomic E-state index is 11.7. The molecule has 1 saturated heterocycles. The van der Waals surface area contributed by atoms with Gasteiger partial charge >= 0.3 is 6.09 Å². The first-order valence-corrected chi connectivity index (χ1v) is 8.85. The molecule has 27 heavy (non-hydrogen) atoms. The van der Waals surface area contributed by atoms with E-state index in [0.717, 1.165) is 0 Å². The summed E-state index contributed by atoms with van der Waals surface area (Å²) in [6, 6.07) is 5.23. The average molecular weight is 382 g/mol. The predicted molar refractivity (Wildman–Crippen MR) is 101 cm³/mol. The molecule has 0 bridgehead atoms. The summed E-state index contributed by atoms with van der Waals surface area (Å²) in [7, 11) is 3.10. The molecule has 8 nitrogen and oxygen atoms in total. The molecule has 1 unspecified atom stereocenters. The average Bonchev–Trinajstić information content (AvgIpc) is 2.58. The molecule has 1 aromatic rings. The Balaban J connectivity index is 2.10. The normalized spacial score (nSPS) is 17.0. The number of nitrogens with zero attached hydrogens (tertiary/aromatic N) is 1. The van der Waals surface area contributed by atoms with E-state index >= 15 is 0 Å². The van der Waals surface area contributed by atoms with Crippen LogP contribution in [0.4, 0.5) is 4.79 Å². The van der Waals surface area contributed by atoms with Gasteiger partial charge < -0.3 is 34.6 Å². The summed E-state index contributed by atoms with van der Waals surface area (Å²) in [6.07, 6.45) is -1.83. The zero-order valence-corrected chi connectivity index (χ0v) is 16.6. The van der Waals surface area contributed by atoms with Crippen LogP contribution >= 0.6 is 0 Å². The minimum atomic E-state index is -0.981. The Labute approximate surface area is 160 Å². The number of methoxy groups -OCH3 is 2. The maximum absolute atomic E-state index is 11.7. The van der Waals surface area contributed by atoms with Crippen molar-refractivity contribution in [3.05, 3.63) is 23.8 Å². The number of aliphatic hydroxyl groups excluding tert-OH is 1. The highest BCUT2D eigenvalue weighted by Crippen LogP contribution is 2.30. The van der Waals surface area contributed by atoms with Gasteiger partial charge in [-0.05, 0) is 39.0 Å². The number of carboxylic acid groups (broad SMARTS) is 1. The Morgan fingerprint density at radius 3 is 2.44 bits per heavy atom. The van der Waals surface area contributed by atoms with Crippen LogP contribution in [-0.4, -0.2) is 72.8 Å². The standard InChI is InChI=1S/C19H30N2O6/c1-18(2,3)21(17(23)24)10-19(11-27-12-19)20-9-15(22)14-8-13(25-4)6-7-16(14)26-5/h6-8,15,20,22H,9-12H2,1-5H3,(H,23,24). The minimum Gasteiger partial charge on any atom is -0.497 e. The number of ether oxygens (including phenoxy) is 3. The molecule has 8 heteroatoms. The molecule has 0 saturated carbocycles. The topological polar surface area (TPSA) is 100 Å². The number of nitrogens with one attached hydrogen (secondary N) is 1. The van der Waals surface area contributed by atoms with Crippen molar-refractivity contribution in [1.82, 2.24) is 10.2 Å². The number of rotatable bonds is 8. The van der Waals surface area contributed by atoms with Gasteiger partial charge in [0.1, 0.15) is 11.5 Å². The Bertz CT molecular complexity index is 654. The van der Waals surface area contributed by atoms with Crippen LogP contribution in [0.3, 0.4) is 0 Å². The van der Waals surface area contributed by atoms with E-state index in [1.54, 1.807) is 32.4 Å². The molecule has 0 radical (unpaired) electrons. The maximum Gasteiger partial charge on any atom is 0.407 e. The molecule has 3 N–H and O–H groups in total. The zero-order valence-electron chi connectivity index (χ0n) is 16.6. The van der Waals surface area contributed by atoms with E-state index in [2.05, 4.69) is 5.32 Å². The SMILES string of the molecule is COc1ccc(OC)c(C(O)CNC2(CN(C(=O)O)C(C)(C)C)COC2)c1. The summed E-state index contributed by atoms with van der Waals surface area (Å²) in [4.78, 5) is 13.0. The molecular formula is C19H30N2O6. The number of amides is 1. The third-order valence-corrected chi connectivity index (χ3v) is 4.72. The highest BCUT2D eigenvalue weighted by molar-refractivity contribution is 5.66. The second-order valence-electron chi connectivity index (χ2n) is 7.82. The molecule has 1 heterocycles. The lowest BCUT2D eigenvalue weighted by Gasteiger charge is -2.47. The molecule has 0 aromatic heterocycles. The zero-order chi connectivity index (χ0) is 20.2. The smallest absolute Gasteiger partial charge is 0.407 e. The molecule has 1 fully saturated rings. The molecule has 1 atom stereocenters. The highest BCUT2D eigenvalue weighted by atomic mass is 16.5. The third-order valence-electron chi connectivity index (χ3n) is 4.72.